The van der Waals surface area contributed by atoms with E-state index in [0.717, 1.165) is 28.2 Å². The van der Waals surface area contributed by atoms with Crippen LogP contribution in [0.5, 0.6) is 0 Å². The lowest BCUT2D eigenvalue weighted by Gasteiger charge is -2.24. The van der Waals surface area contributed by atoms with Gasteiger partial charge >= 0.3 is 5.97 Å². The van der Waals surface area contributed by atoms with Crippen molar-refractivity contribution in [3.05, 3.63) is 118 Å². The Balaban J connectivity index is 1.68. The molecule has 0 N–H and O–H groups in total. The highest BCUT2D eigenvalue weighted by molar-refractivity contribution is 7.07. The smallest absolute Gasteiger partial charge is 0.338 e. The van der Waals surface area contributed by atoms with Crippen LogP contribution in [0.2, 0.25) is 5.02 Å². The fraction of sp³-hybridized carbons (Fsp3) is 0.258. The Labute approximate surface area is 236 Å². The van der Waals surface area contributed by atoms with Crippen LogP contribution in [0.25, 0.3) is 11.8 Å². The number of fused-ring (bicyclic) bond motifs is 1. The van der Waals surface area contributed by atoms with Gasteiger partial charge in [0.25, 0.3) is 5.56 Å². The first kappa shape index (κ1) is 26.9. The SMILES string of the molecule is CCOC(=O)C1=C(C)N=c2s/c(=C/c3cc(C)n(-c4ccc(C)c(C)c4)c3C)c(=O)n2[C@H]1c1ccc(Cl)cc1. The lowest BCUT2D eigenvalue weighted by atomic mass is 9.96. The minimum absolute atomic E-state index is 0.205. The lowest BCUT2D eigenvalue weighted by Crippen LogP contribution is -2.39. The summed E-state index contributed by atoms with van der Waals surface area (Å²) in [5.41, 5.74) is 8.09. The molecule has 2 aromatic heterocycles. The van der Waals surface area contributed by atoms with Crippen LogP contribution in [0.15, 0.2) is 69.6 Å². The number of hydrogen-bond donors (Lipinski definition) is 0. The summed E-state index contributed by atoms with van der Waals surface area (Å²) in [4.78, 5) is 32.2. The topological polar surface area (TPSA) is 65.6 Å². The number of benzene rings is 2. The number of carbonyl (C=O) groups excluding carboxylic acids is 1. The minimum atomic E-state index is -0.664. The number of hydrogen-bond acceptors (Lipinski definition) is 5. The van der Waals surface area contributed by atoms with Crippen LogP contribution in [0.4, 0.5) is 0 Å². The molecule has 3 heterocycles. The molecular formula is C31H30ClN3O3S. The molecule has 39 heavy (non-hydrogen) atoms. The van der Waals surface area contributed by atoms with E-state index in [2.05, 4.69) is 61.5 Å². The van der Waals surface area contributed by atoms with Crippen molar-refractivity contribution in [3.63, 3.8) is 0 Å². The molecule has 0 aliphatic carbocycles. The van der Waals surface area contributed by atoms with Gasteiger partial charge in [0.2, 0.25) is 0 Å². The van der Waals surface area contributed by atoms with Gasteiger partial charge in [-0.1, -0.05) is 41.1 Å². The molecule has 0 unspecified atom stereocenters. The van der Waals surface area contributed by atoms with E-state index in [0.29, 0.717) is 25.6 Å². The summed E-state index contributed by atoms with van der Waals surface area (Å²) in [6.07, 6.45) is 1.92. The van der Waals surface area contributed by atoms with E-state index in [1.807, 2.05) is 18.2 Å². The van der Waals surface area contributed by atoms with E-state index in [1.54, 1.807) is 30.5 Å². The quantitative estimate of drug-likeness (QED) is 0.304. The second kappa shape index (κ2) is 10.5. The van der Waals surface area contributed by atoms with Crippen molar-refractivity contribution >= 4 is 35.0 Å². The van der Waals surface area contributed by atoms with E-state index in [1.165, 1.54) is 22.5 Å². The Morgan fingerprint density at radius 3 is 2.44 bits per heavy atom. The molecule has 1 aliphatic heterocycles. The maximum Gasteiger partial charge on any atom is 0.338 e. The summed E-state index contributed by atoms with van der Waals surface area (Å²) in [6.45, 7) is 12.1. The first-order chi connectivity index (χ1) is 18.6. The van der Waals surface area contributed by atoms with Crippen LogP contribution in [0.3, 0.4) is 0 Å². The van der Waals surface area contributed by atoms with E-state index < -0.39 is 12.0 Å². The zero-order chi connectivity index (χ0) is 28.0. The monoisotopic (exact) mass is 559 g/mol. The average Bonchev–Trinajstić information content (AvgIpc) is 3.35. The van der Waals surface area contributed by atoms with Crippen molar-refractivity contribution in [1.29, 1.82) is 0 Å². The molecule has 0 saturated heterocycles. The van der Waals surface area contributed by atoms with E-state index in [9.17, 15) is 9.59 Å². The molecule has 0 radical (unpaired) electrons. The number of aromatic nitrogens is 2. The Bertz CT molecular complexity index is 1820. The second-order valence-corrected chi connectivity index (χ2v) is 11.2. The highest BCUT2D eigenvalue weighted by Crippen LogP contribution is 2.31. The van der Waals surface area contributed by atoms with Crippen LogP contribution in [0, 0.1) is 27.7 Å². The molecule has 4 aromatic rings. The first-order valence-corrected chi connectivity index (χ1v) is 14.0. The molecular weight excluding hydrogens is 530 g/mol. The van der Waals surface area contributed by atoms with Gasteiger partial charge in [0.05, 0.1) is 28.5 Å². The first-order valence-electron chi connectivity index (χ1n) is 12.8. The van der Waals surface area contributed by atoms with Gasteiger partial charge in [0.1, 0.15) is 0 Å². The number of esters is 1. The predicted molar refractivity (Wildman–Crippen MR) is 157 cm³/mol. The van der Waals surface area contributed by atoms with Crippen LogP contribution >= 0.6 is 22.9 Å². The number of rotatable bonds is 5. The molecule has 0 spiro atoms. The zero-order valence-electron chi connectivity index (χ0n) is 22.8. The third-order valence-corrected chi connectivity index (χ3v) is 8.44. The van der Waals surface area contributed by atoms with Crippen molar-refractivity contribution in [2.45, 2.75) is 47.6 Å². The molecule has 5 rings (SSSR count). The molecule has 1 aliphatic rings. The van der Waals surface area contributed by atoms with Crippen LogP contribution in [-0.2, 0) is 9.53 Å². The number of nitrogens with zero attached hydrogens (tertiary/aromatic N) is 3. The van der Waals surface area contributed by atoms with Crippen molar-refractivity contribution in [1.82, 2.24) is 9.13 Å². The van der Waals surface area contributed by atoms with Crippen LogP contribution < -0.4 is 14.9 Å². The largest absolute Gasteiger partial charge is 0.463 e. The van der Waals surface area contributed by atoms with E-state index >= 15 is 0 Å². The van der Waals surface area contributed by atoms with E-state index in [-0.39, 0.29) is 12.2 Å². The van der Waals surface area contributed by atoms with Crippen LogP contribution in [-0.4, -0.2) is 21.7 Å². The number of ether oxygens (including phenoxy) is 1. The van der Waals surface area contributed by atoms with Crippen LogP contribution in [0.1, 0.15) is 53.5 Å². The predicted octanol–water partition coefficient (Wildman–Crippen LogP) is 5.48. The highest BCUT2D eigenvalue weighted by Gasteiger charge is 2.33. The molecule has 1 atom stereocenters. The minimum Gasteiger partial charge on any atom is -0.463 e. The number of allylic oxidation sites excluding steroid dienone is 1. The lowest BCUT2D eigenvalue weighted by molar-refractivity contribution is -0.139. The highest BCUT2D eigenvalue weighted by atomic mass is 35.5. The summed E-state index contributed by atoms with van der Waals surface area (Å²) < 4.78 is 9.72. The average molecular weight is 560 g/mol. The van der Waals surface area contributed by atoms with Crippen molar-refractivity contribution in [3.8, 4) is 5.69 Å². The molecule has 2 aromatic carbocycles. The van der Waals surface area contributed by atoms with Gasteiger partial charge < -0.3 is 9.30 Å². The molecule has 8 heteroatoms. The Morgan fingerprint density at radius 2 is 1.77 bits per heavy atom. The second-order valence-electron chi connectivity index (χ2n) is 9.78. The molecule has 0 amide bonds. The number of thiazole rings is 1. The summed E-state index contributed by atoms with van der Waals surface area (Å²) >= 11 is 7.47. The van der Waals surface area contributed by atoms with Gasteiger partial charge in [-0.3, -0.25) is 9.36 Å². The van der Waals surface area contributed by atoms with Gasteiger partial charge in [0.15, 0.2) is 4.80 Å². The fourth-order valence-electron chi connectivity index (χ4n) is 5.09. The third-order valence-electron chi connectivity index (χ3n) is 7.21. The van der Waals surface area contributed by atoms with Gasteiger partial charge in [-0.15, -0.1) is 0 Å². The Hall–Kier alpha value is -3.68. The normalized spacial score (nSPS) is 15.4. The maximum absolute atomic E-state index is 13.9. The molecule has 0 bridgehead atoms. The summed E-state index contributed by atoms with van der Waals surface area (Å²) in [6, 6.07) is 15.0. The van der Waals surface area contributed by atoms with Crippen molar-refractivity contribution in [2.24, 2.45) is 4.99 Å². The summed E-state index contributed by atoms with van der Waals surface area (Å²) in [5, 5.41) is 0.573. The number of halogens is 1. The van der Waals surface area contributed by atoms with Crippen molar-refractivity contribution < 1.29 is 9.53 Å². The Kier molecular flexibility index (Phi) is 7.23. The maximum atomic E-state index is 13.9. The molecule has 0 saturated carbocycles. The number of carbonyl (C=O) groups is 1. The van der Waals surface area contributed by atoms with Gasteiger partial charge in [-0.2, -0.15) is 0 Å². The summed E-state index contributed by atoms with van der Waals surface area (Å²) in [7, 11) is 0. The van der Waals surface area contributed by atoms with Crippen molar-refractivity contribution in [2.75, 3.05) is 6.61 Å². The molecule has 200 valence electrons. The van der Waals surface area contributed by atoms with Gasteiger partial charge in [-0.05, 0) is 100 Å². The van der Waals surface area contributed by atoms with Gasteiger partial charge in [0, 0.05) is 22.1 Å². The molecule has 0 fully saturated rings. The summed E-state index contributed by atoms with van der Waals surface area (Å²) in [5.74, 6) is -0.482. The fourth-order valence-corrected chi connectivity index (χ4v) is 6.25. The third kappa shape index (κ3) is 4.81. The van der Waals surface area contributed by atoms with Gasteiger partial charge in [-0.25, -0.2) is 9.79 Å². The zero-order valence-corrected chi connectivity index (χ0v) is 24.4. The van der Waals surface area contributed by atoms with E-state index in [4.69, 9.17) is 16.3 Å². The molecule has 6 nitrogen and oxygen atoms in total. The number of aryl methyl sites for hydroxylation is 3. The Morgan fingerprint density at radius 1 is 1.05 bits per heavy atom. The standard InChI is InChI=1S/C31H30ClN3O3S/c1-7-38-30(37)27-20(5)33-31-35(28(27)22-9-11-24(32)12-10-22)29(36)26(39-31)16-23-15-19(4)34(21(23)6)25-13-8-17(2)18(3)14-25/h8-16,28H,7H2,1-6H3/b26-16+/t28-/m0/s1.